The summed E-state index contributed by atoms with van der Waals surface area (Å²) >= 11 is 0. The van der Waals surface area contributed by atoms with Crippen LogP contribution in [0.4, 0.5) is 0 Å². The minimum atomic E-state index is -3.34. The molecule has 89 heavy (non-hydrogen) atoms. The van der Waals surface area contributed by atoms with E-state index in [1.165, 1.54) is 37.7 Å². The first-order valence-corrected chi connectivity index (χ1v) is 36.2. The lowest BCUT2D eigenvalue weighted by Crippen LogP contribution is -2.48. The first kappa shape index (κ1) is 96.6. The van der Waals surface area contributed by atoms with Gasteiger partial charge in [0.1, 0.15) is 11.9 Å². The molecule has 0 heterocycles. The summed E-state index contributed by atoms with van der Waals surface area (Å²) in [4.78, 5) is 45.3. The van der Waals surface area contributed by atoms with E-state index in [0.29, 0.717) is 42.7 Å². The molecule has 0 aliphatic heterocycles. The monoisotopic (exact) mass is 1330 g/mol. The summed E-state index contributed by atoms with van der Waals surface area (Å²) in [6, 6.07) is 7.66. The highest BCUT2D eigenvalue weighted by Crippen LogP contribution is 2.27. The van der Waals surface area contributed by atoms with Crippen molar-refractivity contribution in [3.63, 3.8) is 0 Å². The van der Waals surface area contributed by atoms with Crippen molar-refractivity contribution in [3.05, 3.63) is 35.4 Å². The van der Waals surface area contributed by atoms with Gasteiger partial charge in [-0.1, -0.05) is 168 Å². The minimum absolute atomic E-state index is 0.0374. The molecule has 1 aromatic rings. The number of sulfonamides is 2. The first-order chi connectivity index (χ1) is 39.4. The zero-order valence-corrected chi connectivity index (χ0v) is 65.2. The Morgan fingerprint density at radius 2 is 1.04 bits per heavy atom. The number of ether oxygens (including phenoxy) is 1. The Hall–Kier alpha value is -3.50. The van der Waals surface area contributed by atoms with Crippen molar-refractivity contribution in [2.75, 3.05) is 19.4 Å². The Bertz CT molecular complexity index is 2380. The molecule has 21 heteroatoms. The highest BCUT2D eigenvalue weighted by molar-refractivity contribution is 7.91. The van der Waals surface area contributed by atoms with Crippen molar-refractivity contribution in [1.82, 2.24) is 20.7 Å². The van der Waals surface area contributed by atoms with Gasteiger partial charge in [-0.15, -0.1) is 0 Å². The van der Waals surface area contributed by atoms with Gasteiger partial charge in [0.25, 0.3) is 0 Å². The summed E-state index contributed by atoms with van der Waals surface area (Å²) in [5.74, 6) is 2.08. The lowest BCUT2D eigenvalue weighted by atomic mass is 9.84. The molecule has 10 N–H and O–H groups in total. The predicted octanol–water partition coefficient (Wildman–Crippen LogP) is 13.6. The standard InChI is InChI=1S/C13H25NO.C11H16N2.C11H21NO3.C8H19NO2S.C8H17NO.C8H18OS.C5H12O.C4H11NO2S/c1-10(11-8-6-5-7-9-11)14-12(15)13(2,3)4;1-11(2,3)9-6-4-8(5-7-9)10(12)13;1-6-7(2)8(9(13)14)12-10(15)11(3,4)5;1-7(2)6-9-12(10,11)8(3,4)5;1-6(2)5-8(10)9-7(3)4;1-7(2)6-10(9)8(3,4)5;1-5(2,3)6-4;1-4(2,3)8(5,6)7/h10-11H,5-9H2,1-4H3,(H,14,15);4-7H,1-3H3,(H3,12,13);7-8H,6H2,1-5H3,(H,12,15)(H,13,14);7,9H,6H2,1-5H3;6-7H,5H2,1-4H3,(H,9,10);7H,6H2,1-5H3;1-4H3;1-3H3,(H2,5,6,7)/t;;7?,8-;;;;;/m..0...../s1. The first-order valence-electron chi connectivity index (χ1n) is 31.9. The summed E-state index contributed by atoms with van der Waals surface area (Å²) in [5, 5.41) is 29.6. The van der Waals surface area contributed by atoms with E-state index in [1.54, 1.807) is 69.4 Å². The zero-order valence-electron chi connectivity index (χ0n) is 62.7. The Kier molecular flexibility index (Phi) is 47.1. The van der Waals surface area contributed by atoms with Gasteiger partial charge in [-0.25, -0.2) is 31.5 Å². The van der Waals surface area contributed by atoms with E-state index in [-0.39, 0.29) is 56.7 Å². The molecule has 0 bridgehead atoms. The highest BCUT2D eigenvalue weighted by atomic mass is 32.2. The van der Waals surface area contributed by atoms with E-state index in [9.17, 15) is 40.2 Å². The van der Waals surface area contributed by atoms with Crippen LogP contribution in [0.2, 0.25) is 0 Å². The van der Waals surface area contributed by atoms with Crippen LogP contribution in [0.1, 0.15) is 278 Å². The topological polar surface area (TPSA) is 307 Å². The summed E-state index contributed by atoms with van der Waals surface area (Å²) in [6.07, 6.45) is 7.97. The third kappa shape index (κ3) is 53.7. The molecule has 3 unspecified atom stereocenters. The van der Waals surface area contributed by atoms with Crippen molar-refractivity contribution in [3.8, 4) is 0 Å². The van der Waals surface area contributed by atoms with Crippen molar-refractivity contribution in [2.45, 2.75) is 310 Å². The smallest absolute Gasteiger partial charge is 0.326 e. The lowest BCUT2D eigenvalue weighted by molar-refractivity contribution is -0.144. The molecule has 1 saturated carbocycles. The molecule has 1 aliphatic rings. The minimum Gasteiger partial charge on any atom is -0.480 e. The maximum absolute atomic E-state index is 11.8. The highest BCUT2D eigenvalue weighted by Gasteiger charge is 2.31. The van der Waals surface area contributed by atoms with Crippen LogP contribution in [0.3, 0.4) is 0 Å². The molecule has 1 fully saturated rings. The number of carboxylic acids is 1. The Labute approximate surface area is 549 Å². The molecule has 0 saturated heterocycles. The van der Waals surface area contributed by atoms with E-state index < -0.39 is 57.8 Å². The number of amides is 3. The number of primary sulfonamides is 1. The third-order valence-corrected chi connectivity index (χ3v) is 19.3. The van der Waals surface area contributed by atoms with Gasteiger partial charge in [-0.05, 0) is 157 Å². The SMILES string of the molecule is CC(C)(C)S(N)(=O)=O.CC(C)(C)c1ccc(C(=N)N)cc1.CC(C)CC(=O)NC(C)C.CC(C)CNS(=O)(=O)C(C)(C)C.CC(C)CS(=O)C(C)(C)C.CC(NC(=O)C(C)(C)C)C1CCCCC1.CCC(C)[C@H](NC(=O)C(C)(C)C)C(=O)O.COC(C)(C)C. The van der Waals surface area contributed by atoms with Crippen molar-refractivity contribution in [1.29, 1.82) is 5.41 Å². The number of hydrogen-bond donors (Lipinski definition) is 8. The number of carbonyl (C=O) groups excluding carboxylic acids is 3. The fourth-order valence-electron chi connectivity index (χ4n) is 6.16. The number of carboxylic acid groups (broad SMARTS) is 1. The number of amidine groups is 1. The average molecular weight is 1330 g/mol. The van der Waals surface area contributed by atoms with E-state index >= 15 is 0 Å². The fraction of sp³-hybridized carbons (Fsp3) is 0.838. The Morgan fingerprint density at radius 3 is 1.29 bits per heavy atom. The number of aliphatic carboxylic acids is 1. The number of benzene rings is 1. The van der Waals surface area contributed by atoms with Gasteiger partial charge in [0.05, 0.1) is 15.1 Å². The molecule has 0 radical (unpaired) electrons. The largest absolute Gasteiger partial charge is 0.480 e. The number of nitrogens with one attached hydrogen (secondary N) is 5. The molecule has 0 aromatic heterocycles. The van der Waals surface area contributed by atoms with E-state index in [4.69, 9.17) is 26.1 Å². The van der Waals surface area contributed by atoms with Crippen LogP contribution < -0.4 is 31.5 Å². The van der Waals surface area contributed by atoms with Crippen molar-refractivity contribution < 1.29 is 50.1 Å². The van der Waals surface area contributed by atoms with Gasteiger partial charge >= 0.3 is 5.97 Å². The van der Waals surface area contributed by atoms with Crippen molar-refractivity contribution in [2.24, 2.45) is 51.3 Å². The number of hydrogen-bond acceptors (Lipinski definition) is 11. The van der Waals surface area contributed by atoms with Crippen LogP contribution in [-0.4, -0.2) is 113 Å². The van der Waals surface area contributed by atoms with Gasteiger partial charge in [-0.3, -0.25) is 24.0 Å². The van der Waals surface area contributed by atoms with E-state index in [1.807, 2.05) is 142 Å². The lowest BCUT2D eigenvalue weighted by Gasteiger charge is -2.30. The van der Waals surface area contributed by atoms with Crippen molar-refractivity contribution >= 4 is 60.4 Å². The van der Waals surface area contributed by atoms with Crippen LogP contribution in [0.25, 0.3) is 0 Å². The van der Waals surface area contributed by atoms with Crippen LogP contribution in [0.15, 0.2) is 24.3 Å². The summed E-state index contributed by atoms with van der Waals surface area (Å²) in [5.41, 5.74) is 6.79. The summed E-state index contributed by atoms with van der Waals surface area (Å²) < 4.78 is 61.1. The summed E-state index contributed by atoms with van der Waals surface area (Å²) in [7, 11) is -5.44. The number of rotatable bonds is 15. The molecule has 1 aromatic carbocycles. The van der Waals surface area contributed by atoms with E-state index in [0.717, 1.165) is 17.7 Å². The van der Waals surface area contributed by atoms with Crippen LogP contribution in [0, 0.1) is 45.8 Å². The second-order valence-corrected chi connectivity index (χ2v) is 38.8. The molecule has 530 valence electrons. The van der Waals surface area contributed by atoms with Gasteiger partial charge in [-0.2, -0.15) is 0 Å². The quantitative estimate of drug-likeness (QED) is 0.0600. The molecule has 0 spiro atoms. The summed E-state index contributed by atoms with van der Waals surface area (Å²) in [6.45, 7) is 62.1. The van der Waals surface area contributed by atoms with Gasteiger partial charge in [0.15, 0.2) is 0 Å². The number of carbonyl (C=O) groups is 4. The Morgan fingerprint density at radius 1 is 0.652 bits per heavy atom. The molecular weight excluding hydrogens is 1190 g/mol. The molecular formula is C68H139N7O11S3. The molecule has 3 amide bonds. The third-order valence-electron chi connectivity index (χ3n) is 13.1. The molecule has 4 atom stereocenters. The van der Waals surface area contributed by atoms with E-state index in [2.05, 4.69) is 62.2 Å². The van der Waals surface area contributed by atoms with Gasteiger partial charge < -0.3 is 31.5 Å². The number of methoxy groups -OCH3 is 1. The zero-order chi connectivity index (χ0) is 72.5. The van der Waals surface area contributed by atoms with Gasteiger partial charge in [0.2, 0.25) is 37.8 Å². The predicted molar refractivity (Wildman–Crippen MR) is 380 cm³/mol. The van der Waals surface area contributed by atoms with Crippen LogP contribution in [0.5, 0.6) is 0 Å². The fourth-order valence-corrected chi connectivity index (χ4v) is 8.25. The second-order valence-electron chi connectivity index (χ2n) is 31.7. The second kappa shape index (κ2) is 43.4. The number of nitrogens with two attached hydrogens (primary N) is 2. The Balaban J connectivity index is -0.000000224. The maximum Gasteiger partial charge on any atom is 0.326 e. The molecule has 2 rings (SSSR count). The van der Waals surface area contributed by atoms with Gasteiger partial charge in [0, 0.05) is 69.9 Å². The maximum atomic E-state index is 11.8. The average Bonchev–Trinajstić information content (AvgIpc) is 3.19. The molecule has 1 aliphatic carbocycles. The number of nitrogen functional groups attached to an aromatic ring is 1. The van der Waals surface area contributed by atoms with Crippen LogP contribution >= 0.6 is 0 Å². The van der Waals surface area contributed by atoms with Crippen LogP contribution in [-0.2, 0) is 60.2 Å². The normalized spacial score (nSPS) is 14.7. The molecule has 18 nitrogen and oxygen atoms in total.